The molecule has 1 saturated heterocycles. The van der Waals surface area contributed by atoms with Crippen molar-refractivity contribution in [1.82, 2.24) is 4.98 Å². The molecule has 0 spiro atoms. The monoisotopic (exact) mass is 220 g/mol. The Morgan fingerprint density at radius 2 is 2.44 bits per heavy atom. The number of nitrogen functional groups attached to an aromatic ring is 1. The highest BCUT2D eigenvalue weighted by Gasteiger charge is 2.20. The van der Waals surface area contributed by atoms with Crippen molar-refractivity contribution in [2.75, 3.05) is 25.2 Å². The first kappa shape index (κ1) is 10.9. The van der Waals surface area contributed by atoms with Gasteiger partial charge in [-0.25, -0.2) is 0 Å². The van der Waals surface area contributed by atoms with Crippen LogP contribution in [0, 0.1) is 5.41 Å². The fourth-order valence-electron chi connectivity index (χ4n) is 1.79. The number of nitrogens with two attached hydrogens (primary N) is 1. The summed E-state index contributed by atoms with van der Waals surface area (Å²) in [7, 11) is 2.03. The van der Waals surface area contributed by atoms with Crippen molar-refractivity contribution < 1.29 is 4.74 Å². The molecule has 86 valence electrons. The summed E-state index contributed by atoms with van der Waals surface area (Å²) in [6.07, 6.45) is 2.79. The number of pyridine rings is 1. The molecule has 1 aromatic heterocycles. The van der Waals surface area contributed by atoms with Crippen LogP contribution in [-0.4, -0.2) is 37.1 Å². The van der Waals surface area contributed by atoms with E-state index in [0.29, 0.717) is 11.7 Å². The molecule has 16 heavy (non-hydrogen) atoms. The van der Waals surface area contributed by atoms with Crippen LogP contribution in [0.3, 0.4) is 0 Å². The maximum Gasteiger partial charge on any atom is 0.141 e. The van der Waals surface area contributed by atoms with Crippen molar-refractivity contribution in [2.24, 2.45) is 5.73 Å². The molecule has 1 aliphatic rings. The average molecular weight is 220 g/mol. The Labute approximate surface area is 94.7 Å². The highest BCUT2D eigenvalue weighted by Crippen LogP contribution is 2.19. The standard InChI is InChI=1S/C11H16N4O/c1-15(9-4-5-16-7-9)8-2-3-10(11(12)13)14-6-8/h2-3,6,9H,4-5,7H2,1H3,(H3,12,13). The van der Waals surface area contributed by atoms with E-state index in [2.05, 4.69) is 9.88 Å². The van der Waals surface area contributed by atoms with Gasteiger partial charge >= 0.3 is 0 Å². The van der Waals surface area contributed by atoms with Crippen LogP contribution in [0.4, 0.5) is 5.69 Å². The minimum atomic E-state index is -0.00148. The van der Waals surface area contributed by atoms with Crippen LogP contribution in [0.15, 0.2) is 18.3 Å². The summed E-state index contributed by atoms with van der Waals surface area (Å²) in [6.45, 7) is 1.60. The number of nitrogens with one attached hydrogen (secondary N) is 1. The normalized spacial score (nSPS) is 19.7. The molecule has 0 aromatic carbocycles. The lowest BCUT2D eigenvalue weighted by Gasteiger charge is -2.25. The molecule has 2 rings (SSSR count). The van der Waals surface area contributed by atoms with Gasteiger partial charge in [0.25, 0.3) is 0 Å². The predicted octanol–water partition coefficient (Wildman–Crippen LogP) is 0.591. The number of rotatable bonds is 3. The lowest BCUT2D eigenvalue weighted by atomic mass is 10.2. The van der Waals surface area contributed by atoms with Gasteiger partial charge in [-0.05, 0) is 18.6 Å². The lowest BCUT2D eigenvalue weighted by Crippen LogP contribution is -2.31. The molecule has 5 nitrogen and oxygen atoms in total. The molecule has 1 aromatic rings. The first-order valence-electron chi connectivity index (χ1n) is 5.29. The molecule has 1 unspecified atom stereocenters. The van der Waals surface area contributed by atoms with Gasteiger partial charge in [0.1, 0.15) is 11.5 Å². The Kier molecular flexibility index (Phi) is 3.05. The topological polar surface area (TPSA) is 75.2 Å². The largest absolute Gasteiger partial charge is 0.382 e. The number of hydrogen-bond acceptors (Lipinski definition) is 4. The Balaban J connectivity index is 2.11. The maximum absolute atomic E-state index is 7.26. The second kappa shape index (κ2) is 4.49. The zero-order valence-corrected chi connectivity index (χ0v) is 9.31. The Bertz CT molecular complexity index is 370. The SMILES string of the molecule is CN(c1ccc(C(=N)N)nc1)C1CCOC1. The third kappa shape index (κ3) is 2.14. The molecule has 1 aliphatic heterocycles. The summed E-state index contributed by atoms with van der Waals surface area (Å²) in [5, 5.41) is 7.26. The summed E-state index contributed by atoms with van der Waals surface area (Å²) in [5.41, 5.74) is 6.89. The molecule has 0 amide bonds. The summed E-state index contributed by atoms with van der Waals surface area (Å²) in [4.78, 5) is 6.30. The van der Waals surface area contributed by atoms with Gasteiger partial charge < -0.3 is 15.4 Å². The summed E-state index contributed by atoms with van der Waals surface area (Å²) < 4.78 is 5.35. The lowest BCUT2D eigenvalue weighted by molar-refractivity contribution is 0.193. The molecule has 0 radical (unpaired) electrons. The Morgan fingerprint density at radius 3 is 2.94 bits per heavy atom. The minimum absolute atomic E-state index is 0.00148. The smallest absolute Gasteiger partial charge is 0.141 e. The second-order valence-corrected chi connectivity index (χ2v) is 3.94. The first-order chi connectivity index (χ1) is 7.68. The molecule has 1 fully saturated rings. The van der Waals surface area contributed by atoms with Crippen molar-refractivity contribution in [2.45, 2.75) is 12.5 Å². The van der Waals surface area contributed by atoms with Gasteiger partial charge in [-0.1, -0.05) is 0 Å². The van der Waals surface area contributed by atoms with Gasteiger partial charge in [-0.15, -0.1) is 0 Å². The molecule has 5 heteroatoms. The van der Waals surface area contributed by atoms with E-state index in [9.17, 15) is 0 Å². The molecule has 2 heterocycles. The van der Waals surface area contributed by atoms with Crippen LogP contribution >= 0.6 is 0 Å². The molecular weight excluding hydrogens is 204 g/mol. The van der Waals surface area contributed by atoms with E-state index in [1.165, 1.54) is 0 Å². The molecule has 3 N–H and O–H groups in total. The van der Waals surface area contributed by atoms with Crippen molar-refractivity contribution in [1.29, 1.82) is 5.41 Å². The zero-order valence-electron chi connectivity index (χ0n) is 9.31. The number of hydrogen-bond donors (Lipinski definition) is 2. The van der Waals surface area contributed by atoms with Crippen LogP contribution in [0.5, 0.6) is 0 Å². The van der Waals surface area contributed by atoms with Gasteiger partial charge in [0.05, 0.1) is 24.5 Å². The van der Waals surface area contributed by atoms with Gasteiger partial charge in [-0.3, -0.25) is 10.4 Å². The first-order valence-corrected chi connectivity index (χ1v) is 5.29. The molecular formula is C11H16N4O. The van der Waals surface area contributed by atoms with Crippen molar-refractivity contribution in [3.8, 4) is 0 Å². The number of nitrogens with zero attached hydrogens (tertiary/aromatic N) is 2. The number of amidine groups is 1. The van der Waals surface area contributed by atoms with E-state index in [4.69, 9.17) is 15.9 Å². The Morgan fingerprint density at radius 1 is 1.62 bits per heavy atom. The third-order valence-electron chi connectivity index (χ3n) is 2.88. The fourth-order valence-corrected chi connectivity index (χ4v) is 1.79. The second-order valence-electron chi connectivity index (χ2n) is 3.94. The molecule has 0 saturated carbocycles. The van der Waals surface area contributed by atoms with Gasteiger partial charge in [0.2, 0.25) is 0 Å². The fraction of sp³-hybridized carbons (Fsp3) is 0.455. The molecule has 1 atom stereocenters. The highest BCUT2D eigenvalue weighted by atomic mass is 16.5. The van der Waals surface area contributed by atoms with Crippen LogP contribution in [0.1, 0.15) is 12.1 Å². The van der Waals surface area contributed by atoms with Crippen LogP contribution in [0.25, 0.3) is 0 Å². The minimum Gasteiger partial charge on any atom is -0.382 e. The number of anilines is 1. The summed E-state index contributed by atoms with van der Waals surface area (Å²) in [6, 6.07) is 4.12. The average Bonchev–Trinajstić information content (AvgIpc) is 2.81. The van der Waals surface area contributed by atoms with Crippen molar-refractivity contribution in [3.63, 3.8) is 0 Å². The quantitative estimate of drug-likeness (QED) is 0.577. The molecule has 0 bridgehead atoms. The van der Waals surface area contributed by atoms with E-state index in [-0.39, 0.29) is 5.84 Å². The molecule has 0 aliphatic carbocycles. The van der Waals surface area contributed by atoms with E-state index in [1.54, 1.807) is 12.3 Å². The van der Waals surface area contributed by atoms with Crippen molar-refractivity contribution >= 4 is 11.5 Å². The number of likely N-dealkylation sites (N-methyl/N-ethyl adjacent to an activating group) is 1. The maximum atomic E-state index is 7.26. The number of ether oxygens (including phenoxy) is 1. The zero-order chi connectivity index (χ0) is 11.5. The van der Waals surface area contributed by atoms with E-state index in [0.717, 1.165) is 25.3 Å². The highest BCUT2D eigenvalue weighted by molar-refractivity contribution is 5.93. The summed E-state index contributed by atoms with van der Waals surface area (Å²) in [5.74, 6) is -0.00148. The van der Waals surface area contributed by atoms with Gasteiger partial charge in [-0.2, -0.15) is 0 Å². The van der Waals surface area contributed by atoms with Gasteiger partial charge in [0, 0.05) is 13.7 Å². The third-order valence-corrected chi connectivity index (χ3v) is 2.88. The van der Waals surface area contributed by atoms with Crippen molar-refractivity contribution in [3.05, 3.63) is 24.0 Å². The van der Waals surface area contributed by atoms with Crippen LogP contribution in [0.2, 0.25) is 0 Å². The predicted molar refractivity (Wildman–Crippen MR) is 62.9 cm³/mol. The van der Waals surface area contributed by atoms with Gasteiger partial charge in [0.15, 0.2) is 0 Å². The van der Waals surface area contributed by atoms with E-state index in [1.807, 2.05) is 13.1 Å². The van der Waals surface area contributed by atoms with E-state index >= 15 is 0 Å². The van der Waals surface area contributed by atoms with E-state index < -0.39 is 0 Å². The Hall–Kier alpha value is -1.62. The van der Waals surface area contributed by atoms with Crippen LogP contribution < -0.4 is 10.6 Å². The summed E-state index contributed by atoms with van der Waals surface area (Å²) >= 11 is 0. The van der Waals surface area contributed by atoms with Crippen LogP contribution in [-0.2, 0) is 4.74 Å². The number of aromatic nitrogens is 1.